The van der Waals surface area contributed by atoms with Gasteiger partial charge >= 0.3 is 0 Å². The molecule has 1 rings (SSSR count). The molecule has 0 amide bonds. The summed E-state index contributed by atoms with van der Waals surface area (Å²) in [7, 11) is 0. The van der Waals surface area contributed by atoms with Crippen LogP contribution in [-0.2, 0) is 4.79 Å². The molecule has 2 N–H and O–H groups in total. The summed E-state index contributed by atoms with van der Waals surface area (Å²) < 4.78 is 0. The van der Waals surface area contributed by atoms with Crippen molar-refractivity contribution >= 4 is 11.6 Å². The number of hydrogen-bond acceptors (Lipinski definition) is 3. The third kappa shape index (κ3) is 0.932. The largest absolute Gasteiger partial charge is 0.387 e. The minimum Gasteiger partial charge on any atom is -0.387 e. The second-order valence-corrected chi connectivity index (χ2v) is 1.58. The summed E-state index contributed by atoms with van der Waals surface area (Å²) in [6.07, 6.45) is 3.11. The van der Waals surface area contributed by atoms with Gasteiger partial charge in [-0.2, -0.15) is 0 Å². The number of aliphatic imine (C=N–C) groups is 1. The van der Waals surface area contributed by atoms with E-state index in [0.29, 0.717) is 5.84 Å². The van der Waals surface area contributed by atoms with Crippen LogP contribution in [0.4, 0.5) is 0 Å². The minimum absolute atomic E-state index is 0.0255. The van der Waals surface area contributed by atoms with Crippen LogP contribution in [0.15, 0.2) is 17.3 Å². The van der Waals surface area contributed by atoms with Crippen LogP contribution in [0.3, 0.4) is 0 Å². The number of carbonyl (C=O) groups is 1. The number of nitrogens with two attached hydrogens (primary N) is 1. The summed E-state index contributed by atoms with van der Waals surface area (Å²) in [5, 5.41) is 0. The highest BCUT2D eigenvalue weighted by molar-refractivity contribution is 6.07. The lowest BCUT2D eigenvalue weighted by atomic mass is 10.2. The van der Waals surface area contributed by atoms with E-state index >= 15 is 0 Å². The average Bonchev–Trinajstić information content (AvgIpc) is 1.64. The van der Waals surface area contributed by atoms with Crippen molar-refractivity contribution in [2.24, 2.45) is 10.7 Å². The van der Waals surface area contributed by atoms with E-state index in [-0.39, 0.29) is 12.2 Å². The van der Waals surface area contributed by atoms with E-state index in [1.165, 1.54) is 12.3 Å². The molecule has 0 aromatic heterocycles. The maximum absolute atomic E-state index is 10.4. The molecule has 0 aromatic rings. The quantitative estimate of drug-likeness (QED) is 0.470. The molecule has 8 heavy (non-hydrogen) atoms. The Morgan fingerprint density at radius 3 is 2.88 bits per heavy atom. The number of ketones is 1. The number of allylic oxidation sites excluding steroid dienone is 1. The third-order valence-electron chi connectivity index (χ3n) is 0.856. The SMILES string of the molecule is NC1=NC=CC(=O)C1. The van der Waals surface area contributed by atoms with Crippen molar-refractivity contribution in [3.8, 4) is 0 Å². The monoisotopic (exact) mass is 110 g/mol. The number of amidine groups is 1. The van der Waals surface area contributed by atoms with Crippen molar-refractivity contribution < 1.29 is 4.79 Å². The van der Waals surface area contributed by atoms with Gasteiger partial charge in [0.2, 0.25) is 0 Å². The molecule has 0 atom stereocenters. The zero-order valence-corrected chi connectivity index (χ0v) is 4.29. The fraction of sp³-hybridized carbons (Fsp3) is 0.200. The van der Waals surface area contributed by atoms with E-state index < -0.39 is 0 Å². The Balaban J connectivity index is 2.73. The van der Waals surface area contributed by atoms with Crippen LogP contribution in [0.2, 0.25) is 0 Å². The summed E-state index contributed by atoms with van der Waals surface area (Å²) in [6.45, 7) is 0. The van der Waals surface area contributed by atoms with Gasteiger partial charge in [0.1, 0.15) is 5.84 Å². The molecule has 0 aliphatic carbocycles. The molecule has 0 spiro atoms. The van der Waals surface area contributed by atoms with Crippen LogP contribution in [0.5, 0.6) is 0 Å². The van der Waals surface area contributed by atoms with E-state index in [1.54, 1.807) is 0 Å². The van der Waals surface area contributed by atoms with Gasteiger partial charge in [0.25, 0.3) is 0 Å². The predicted molar refractivity (Wildman–Crippen MR) is 30.4 cm³/mol. The van der Waals surface area contributed by atoms with Gasteiger partial charge in [-0.15, -0.1) is 0 Å². The van der Waals surface area contributed by atoms with Crippen LogP contribution in [0, 0.1) is 0 Å². The summed E-state index contributed by atoms with van der Waals surface area (Å²) in [5.41, 5.74) is 5.20. The molecule has 0 saturated heterocycles. The zero-order valence-electron chi connectivity index (χ0n) is 4.29. The molecule has 3 heteroatoms. The Kier molecular flexibility index (Phi) is 1.12. The number of rotatable bonds is 0. The van der Waals surface area contributed by atoms with Crippen LogP contribution >= 0.6 is 0 Å². The van der Waals surface area contributed by atoms with Crippen LogP contribution in [-0.4, -0.2) is 11.6 Å². The Bertz CT molecular complexity index is 169. The smallest absolute Gasteiger partial charge is 0.164 e. The van der Waals surface area contributed by atoms with Gasteiger partial charge < -0.3 is 5.73 Å². The molecule has 0 radical (unpaired) electrons. The normalized spacial score (nSPS) is 18.5. The van der Waals surface area contributed by atoms with Crippen molar-refractivity contribution in [2.45, 2.75) is 6.42 Å². The van der Waals surface area contributed by atoms with Crippen LogP contribution in [0.1, 0.15) is 6.42 Å². The molecule has 3 nitrogen and oxygen atoms in total. The van der Waals surface area contributed by atoms with Crippen LogP contribution < -0.4 is 5.73 Å². The van der Waals surface area contributed by atoms with E-state index in [9.17, 15) is 4.79 Å². The number of nitrogens with zero attached hydrogens (tertiary/aromatic N) is 1. The highest BCUT2D eigenvalue weighted by Crippen LogP contribution is 1.93. The maximum atomic E-state index is 10.4. The molecule has 42 valence electrons. The lowest BCUT2D eigenvalue weighted by Gasteiger charge is -1.97. The van der Waals surface area contributed by atoms with E-state index in [4.69, 9.17) is 5.73 Å². The summed E-state index contributed by atoms with van der Waals surface area (Å²) >= 11 is 0. The van der Waals surface area contributed by atoms with Gasteiger partial charge in [0, 0.05) is 6.20 Å². The zero-order chi connectivity index (χ0) is 5.98. The molecular formula is C5H6N2O. The van der Waals surface area contributed by atoms with Crippen LogP contribution in [0.25, 0.3) is 0 Å². The molecule has 0 saturated carbocycles. The maximum Gasteiger partial charge on any atom is 0.164 e. The van der Waals surface area contributed by atoms with Gasteiger partial charge in [0.15, 0.2) is 5.78 Å². The average molecular weight is 110 g/mol. The first-order chi connectivity index (χ1) is 3.79. The fourth-order valence-corrected chi connectivity index (χ4v) is 0.499. The highest BCUT2D eigenvalue weighted by Gasteiger charge is 2.02. The number of hydrogen-bond donors (Lipinski definition) is 1. The first-order valence-corrected chi connectivity index (χ1v) is 2.30. The fourth-order valence-electron chi connectivity index (χ4n) is 0.499. The molecule has 1 heterocycles. The molecule has 0 fully saturated rings. The number of carbonyl (C=O) groups excluding carboxylic acids is 1. The first-order valence-electron chi connectivity index (χ1n) is 2.30. The van der Waals surface area contributed by atoms with Gasteiger partial charge in [-0.05, 0) is 6.08 Å². The molecular weight excluding hydrogens is 104 g/mol. The van der Waals surface area contributed by atoms with Crippen molar-refractivity contribution in [1.29, 1.82) is 0 Å². The predicted octanol–water partition coefficient (Wildman–Crippen LogP) is -0.170. The molecule has 0 bridgehead atoms. The van der Waals surface area contributed by atoms with E-state index in [0.717, 1.165) is 0 Å². The Labute approximate surface area is 46.9 Å². The second-order valence-electron chi connectivity index (χ2n) is 1.58. The molecule has 0 aromatic carbocycles. The standard InChI is InChI=1S/C5H6N2O/c6-5-3-4(8)1-2-7-5/h1-2H,3H2,(H2,6,7). The minimum atomic E-state index is 0.0255. The van der Waals surface area contributed by atoms with Gasteiger partial charge in [-0.3, -0.25) is 4.79 Å². The van der Waals surface area contributed by atoms with Crippen molar-refractivity contribution in [3.05, 3.63) is 12.3 Å². The van der Waals surface area contributed by atoms with E-state index in [2.05, 4.69) is 4.99 Å². The summed E-state index contributed by atoms with van der Waals surface area (Å²) in [6, 6.07) is 0. The lowest BCUT2D eigenvalue weighted by molar-refractivity contribution is -0.113. The van der Waals surface area contributed by atoms with Crippen molar-refractivity contribution in [2.75, 3.05) is 0 Å². The first kappa shape index (κ1) is 5.03. The topological polar surface area (TPSA) is 55.4 Å². The van der Waals surface area contributed by atoms with Gasteiger partial charge in [0.05, 0.1) is 6.42 Å². The lowest BCUT2D eigenvalue weighted by Crippen LogP contribution is -2.17. The van der Waals surface area contributed by atoms with Gasteiger partial charge in [-0.25, -0.2) is 4.99 Å². The Hall–Kier alpha value is -1.12. The van der Waals surface area contributed by atoms with Crippen molar-refractivity contribution in [1.82, 2.24) is 0 Å². The highest BCUT2D eigenvalue weighted by atomic mass is 16.1. The second kappa shape index (κ2) is 1.78. The van der Waals surface area contributed by atoms with Gasteiger partial charge in [-0.1, -0.05) is 0 Å². The molecule has 1 aliphatic rings. The van der Waals surface area contributed by atoms with Crippen molar-refractivity contribution in [3.63, 3.8) is 0 Å². The summed E-state index contributed by atoms with van der Waals surface area (Å²) in [5.74, 6) is 0.426. The van der Waals surface area contributed by atoms with E-state index in [1.807, 2.05) is 0 Å². The summed E-state index contributed by atoms with van der Waals surface area (Å²) in [4.78, 5) is 14.1. The molecule has 0 unspecified atom stereocenters. The third-order valence-corrected chi connectivity index (χ3v) is 0.856. The molecule has 1 aliphatic heterocycles. The Morgan fingerprint density at radius 1 is 1.75 bits per heavy atom. The Morgan fingerprint density at radius 2 is 2.50 bits per heavy atom.